The molecule has 0 atom stereocenters. The van der Waals surface area contributed by atoms with Gasteiger partial charge in [0.05, 0.1) is 18.2 Å². The normalized spacial score (nSPS) is 9.74. The number of nitrogens with one attached hydrogen (secondary N) is 2. The SMILES string of the molecule is CCOc1ccc(NC(=O)CCNc2cccc(C#N)c2)cc1. The predicted octanol–water partition coefficient (Wildman–Crippen LogP) is 3.40. The van der Waals surface area contributed by atoms with Crippen LogP contribution >= 0.6 is 0 Å². The van der Waals surface area contributed by atoms with Crippen molar-refractivity contribution in [3.05, 3.63) is 54.1 Å². The van der Waals surface area contributed by atoms with Gasteiger partial charge in [-0.3, -0.25) is 4.79 Å². The smallest absolute Gasteiger partial charge is 0.226 e. The summed E-state index contributed by atoms with van der Waals surface area (Å²) < 4.78 is 5.35. The van der Waals surface area contributed by atoms with Gasteiger partial charge in [-0.15, -0.1) is 0 Å². The minimum atomic E-state index is -0.0712. The van der Waals surface area contributed by atoms with Crippen molar-refractivity contribution in [1.29, 1.82) is 5.26 Å². The van der Waals surface area contributed by atoms with Crippen molar-refractivity contribution in [2.45, 2.75) is 13.3 Å². The molecule has 0 heterocycles. The lowest BCUT2D eigenvalue weighted by Gasteiger charge is -2.08. The van der Waals surface area contributed by atoms with Crippen LogP contribution in [0.2, 0.25) is 0 Å². The molecule has 5 heteroatoms. The van der Waals surface area contributed by atoms with E-state index in [-0.39, 0.29) is 5.91 Å². The van der Waals surface area contributed by atoms with E-state index in [0.29, 0.717) is 25.1 Å². The number of rotatable bonds is 7. The summed E-state index contributed by atoms with van der Waals surface area (Å²) >= 11 is 0. The summed E-state index contributed by atoms with van der Waals surface area (Å²) in [4.78, 5) is 11.9. The second-order valence-electron chi connectivity index (χ2n) is 4.87. The Morgan fingerprint density at radius 2 is 1.96 bits per heavy atom. The number of hydrogen-bond acceptors (Lipinski definition) is 4. The molecule has 2 N–H and O–H groups in total. The first-order valence-corrected chi connectivity index (χ1v) is 7.48. The monoisotopic (exact) mass is 309 g/mol. The molecule has 0 saturated carbocycles. The molecule has 0 aliphatic rings. The van der Waals surface area contributed by atoms with Crippen molar-refractivity contribution < 1.29 is 9.53 Å². The Hall–Kier alpha value is -3.00. The molecule has 0 fully saturated rings. The van der Waals surface area contributed by atoms with Gasteiger partial charge in [-0.2, -0.15) is 5.26 Å². The fourth-order valence-corrected chi connectivity index (χ4v) is 2.04. The Morgan fingerprint density at radius 3 is 2.65 bits per heavy atom. The number of carbonyl (C=O) groups is 1. The molecule has 1 amide bonds. The van der Waals surface area contributed by atoms with Crippen LogP contribution in [0.15, 0.2) is 48.5 Å². The van der Waals surface area contributed by atoms with E-state index in [1.54, 1.807) is 18.2 Å². The summed E-state index contributed by atoms with van der Waals surface area (Å²) in [6.45, 7) is 3.04. The second-order valence-corrected chi connectivity index (χ2v) is 4.87. The van der Waals surface area contributed by atoms with Gasteiger partial charge in [0.15, 0.2) is 0 Å². The second kappa shape index (κ2) is 8.44. The van der Waals surface area contributed by atoms with Crippen LogP contribution in [0.4, 0.5) is 11.4 Å². The molecule has 0 aromatic heterocycles. The highest BCUT2D eigenvalue weighted by Gasteiger charge is 2.03. The Morgan fingerprint density at radius 1 is 1.17 bits per heavy atom. The van der Waals surface area contributed by atoms with E-state index in [4.69, 9.17) is 10.00 Å². The van der Waals surface area contributed by atoms with Crippen molar-refractivity contribution in [1.82, 2.24) is 0 Å². The topological polar surface area (TPSA) is 74.2 Å². The number of ether oxygens (including phenoxy) is 1. The van der Waals surface area contributed by atoms with Gasteiger partial charge in [-0.05, 0) is 49.4 Å². The molecule has 2 aromatic rings. The van der Waals surface area contributed by atoms with E-state index in [0.717, 1.165) is 17.1 Å². The highest BCUT2D eigenvalue weighted by Crippen LogP contribution is 2.16. The molecule has 2 rings (SSSR count). The van der Waals surface area contributed by atoms with Gasteiger partial charge in [0.1, 0.15) is 5.75 Å². The van der Waals surface area contributed by atoms with Gasteiger partial charge in [-0.1, -0.05) is 6.07 Å². The number of carbonyl (C=O) groups excluding carboxylic acids is 1. The molecule has 5 nitrogen and oxygen atoms in total. The molecule has 118 valence electrons. The summed E-state index contributed by atoms with van der Waals surface area (Å²) in [5, 5.41) is 14.8. The number of nitrogens with zero attached hydrogens (tertiary/aromatic N) is 1. The van der Waals surface area contributed by atoms with Crippen LogP contribution < -0.4 is 15.4 Å². The van der Waals surface area contributed by atoms with E-state index in [1.807, 2.05) is 37.3 Å². The van der Waals surface area contributed by atoms with Crippen molar-refractivity contribution in [3.8, 4) is 11.8 Å². The molecule has 0 aliphatic carbocycles. The van der Waals surface area contributed by atoms with E-state index in [9.17, 15) is 4.79 Å². The van der Waals surface area contributed by atoms with Crippen molar-refractivity contribution in [2.75, 3.05) is 23.8 Å². The molecule has 0 spiro atoms. The molecule has 0 aliphatic heterocycles. The standard InChI is InChI=1S/C18H19N3O2/c1-2-23-17-8-6-15(7-9-17)21-18(22)10-11-20-16-5-3-4-14(12-16)13-19/h3-9,12,20H,2,10-11H2,1H3,(H,21,22). The van der Waals surface area contributed by atoms with Crippen molar-refractivity contribution in [2.24, 2.45) is 0 Å². The zero-order valence-electron chi connectivity index (χ0n) is 13.0. The Kier molecular flexibility index (Phi) is 6.01. The molecular weight excluding hydrogens is 290 g/mol. The van der Waals surface area contributed by atoms with Gasteiger partial charge < -0.3 is 15.4 Å². The average Bonchev–Trinajstić information content (AvgIpc) is 2.57. The molecule has 2 aromatic carbocycles. The van der Waals surface area contributed by atoms with Gasteiger partial charge in [0.25, 0.3) is 0 Å². The molecular formula is C18H19N3O2. The fraction of sp³-hybridized carbons (Fsp3) is 0.222. The Balaban J connectivity index is 1.77. The van der Waals surface area contributed by atoms with E-state index in [1.165, 1.54) is 0 Å². The summed E-state index contributed by atoms with van der Waals surface area (Å²) in [6, 6.07) is 16.5. The maximum atomic E-state index is 11.9. The first-order chi connectivity index (χ1) is 11.2. The number of anilines is 2. The van der Waals surface area contributed by atoms with Crippen LogP contribution in [-0.2, 0) is 4.79 Å². The first-order valence-electron chi connectivity index (χ1n) is 7.48. The predicted molar refractivity (Wildman–Crippen MR) is 90.5 cm³/mol. The largest absolute Gasteiger partial charge is 0.494 e. The lowest BCUT2D eigenvalue weighted by Crippen LogP contribution is -2.16. The van der Waals surface area contributed by atoms with Crippen LogP contribution in [0.1, 0.15) is 18.9 Å². The minimum Gasteiger partial charge on any atom is -0.494 e. The molecule has 0 unspecified atom stereocenters. The zero-order chi connectivity index (χ0) is 16.5. The lowest BCUT2D eigenvalue weighted by atomic mass is 10.2. The summed E-state index contributed by atoms with van der Waals surface area (Å²) in [5.41, 5.74) is 2.16. The number of nitriles is 1. The molecule has 0 bridgehead atoms. The van der Waals surface area contributed by atoms with Gasteiger partial charge in [0.2, 0.25) is 5.91 Å². The van der Waals surface area contributed by atoms with E-state index < -0.39 is 0 Å². The van der Waals surface area contributed by atoms with E-state index >= 15 is 0 Å². The highest BCUT2D eigenvalue weighted by atomic mass is 16.5. The number of hydrogen-bond donors (Lipinski definition) is 2. The van der Waals surface area contributed by atoms with Gasteiger partial charge >= 0.3 is 0 Å². The third kappa shape index (κ3) is 5.36. The first kappa shape index (κ1) is 16.4. The maximum absolute atomic E-state index is 11.9. The Labute approximate surface area is 135 Å². The average molecular weight is 309 g/mol. The highest BCUT2D eigenvalue weighted by molar-refractivity contribution is 5.91. The Bertz CT molecular complexity index is 690. The van der Waals surface area contributed by atoms with Gasteiger partial charge in [0, 0.05) is 24.3 Å². The molecule has 23 heavy (non-hydrogen) atoms. The molecule has 0 saturated heterocycles. The summed E-state index contributed by atoms with van der Waals surface area (Å²) in [5.74, 6) is 0.711. The zero-order valence-corrected chi connectivity index (χ0v) is 13.0. The van der Waals surface area contributed by atoms with Crippen LogP contribution in [0, 0.1) is 11.3 Å². The quantitative estimate of drug-likeness (QED) is 0.822. The third-order valence-corrected chi connectivity index (χ3v) is 3.12. The third-order valence-electron chi connectivity index (χ3n) is 3.12. The fourth-order valence-electron chi connectivity index (χ4n) is 2.04. The van der Waals surface area contributed by atoms with Crippen LogP contribution in [0.25, 0.3) is 0 Å². The van der Waals surface area contributed by atoms with E-state index in [2.05, 4.69) is 16.7 Å². The molecule has 0 radical (unpaired) electrons. The number of benzene rings is 2. The summed E-state index contributed by atoms with van der Waals surface area (Å²) in [7, 11) is 0. The lowest BCUT2D eigenvalue weighted by molar-refractivity contribution is -0.115. The van der Waals surface area contributed by atoms with Crippen LogP contribution in [-0.4, -0.2) is 19.1 Å². The van der Waals surface area contributed by atoms with Crippen LogP contribution in [0.3, 0.4) is 0 Å². The van der Waals surface area contributed by atoms with Gasteiger partial charge in [-0.25, -0.2) is 0 Å². The minimum absolute atomic E-state index is 0.0712. The van der Waals surface area contributed by atoms with Crippen LogP contribution in [0.5, 0.6) is 5.75 Å². The number of amides is 1. The van der Waals surface area contributed by atoms with Crippen molar-refractivity contribution in [3.63, 3.8) is 0 Å². The maximum Gasteiger partial charge on any atom is 0.226 e. The van der Waals surface area contributed by atoms with Crippen molar-refractivity contribution >= 4 is 17.3 Å². The summed E-state index contributed by atoms with van der Waals surface area (Å²) in [6.07, 6.45) is 0.337.